The average molecular weight is 307 g/mol. The minimum absolute atomic E-state index is 0.503. The zero-order chi connectivity index (χ0) is 15.6. The Labute approximate surface area is 138 Å². The molecule has 4 rings (SSSR count). The highest BCUT2D eigenvalue weighted by atomic mass is 16.3. The van der Waals surface area contributed by atoms with Gasteiger partial charge in [0.25, 0.3) is 0 Å². The molecule has 0 radical (unpaired) electrons. The average Bonchev–Trinajstić information content (AvgIpc) is 3.00. The first-order valence-electron chi connectivity index (χ1n) is 8.91. The Balaban J connectivity index is 1.40. The van der Waals surface area contributed by atoms with Gasteiger partial charge in [0.2, 0.25) is 0 Å². The van der Waals surface area contributed by atoms with Crippen LogP contribution < -0.4 is 0 Å². The molecule has 2 nitrogen and oxygen atoms in total. The summed E-state index contributed by atoms with van der Waals surface area (Å²) >= 11 is 0. The minimum atomic E-state index is 0.503. The highest BCUT2D eigenvalue weighted by Crippen LogP contribution is 2.43. The van der Waals surface area contributed by atoms with Gasteiger partial charge in [0.1, 0.15) is 5.75 Å². The SMILES string of the molecule is Oc1cccc2c1CCC1C2CCN1CCCc1ccccc1. The molecule has 1 saturated heterocycles. The number of nitrogens with zero attached hydrogens (tertiary/aromatic N) is 1. The van der Waals surface area contributed by atoms with Crippen LogP contribution in [0.4, 0.5) is 0 Å². The third-order valence-corrected chi connectivity index (χ3v) is 5.69. The Bertz CT molecular complexity index is 667. The van der Waals surface area contributed by atoms with Gasteiger partial charge in [-0.3, -0.25) is 4.90 Å². The standard InChI is InChI=1S/C21H25NO/c23-21-10-4-9-17-18-13-15-22(20(18)12-11-19(17)21)14-5-8-16-6-2-1-3-7-16/h1-4,6-7,9-10,18,20,23H,5,8,11-15H2. The highest BCUT2D eigenvalue weighted by Gasteiger charge is 2.38. The van der Waals surface area contributed by atoms with E-state index >= 15 is 0 Å². The minimum Gasteiger partial charge on any atom is -0.508 e. The number of benzene rings is 2. The number of fused-ring (bicyclic) bond motifs is 3. The Morgan fingerprint density at radius 2 is 1.87 bits per heavy atom. The van der Waals surface area contributed by atoms with Crippen LogP contribution in [0.15, 0.2) is 48.5 Å². The molecule has 2 aromatic carbocycles. The molecule has 2 unspecified atom stereocenters. The molecule has 1 fully saturated rings. The number of aryl methyl sites for hydroxylation is 1. The van der Waals surface area contributed by atoms with Gasteiger partial charge in [0.15, 0.2) is 0 Å². The Morgan fingerprint density at radius 3 is 2.74 bits per heavy atom. The van der Waals surface area contributed by atoms with Gasteiger partial charge < -0.3 is 5.11 Å². The summed E-state index contributed by atoms with van der Waals surface area (Å²) in [7, 11) is 0. The summed E-state index contributed by atoms with van der Waals surface area (Å²) in [5.41, 5.74) is 4.06. The molecule has 2 aliphatic rings. The topological polar surface area (TPSA) is 23.5 Å². The zero-order valence-corrected chi connectivity index (χ0v) is 13.6. The van der Waals surface area contributed by atoms with Crippen molar-refractivity contribution in [2.75, 3.05) is 13.1 Å². The number of phenols is 1. The van der Waals surface area contributed by atoms with Crippen LogP contribution in [0.25, 0.3) is 0 Å². The monoisotopic (exact) mass is 307 g/mol. The van der Waals surface area contributed by atoms with E-state index < -0.39 is 0 Å². The van der Waals surface area contributed by atoms with Gasteiger partial charge in [0.05, 0.1) is 0 Å². The van der Waals surface area contributed by atoms with E-state index in [2.05, 4.69) is 41.3 Å². The van der Waals surface area contributed by atoms with E-state index in [-0.39, 0.29) is 0 Å². The lowest BCUT2D eigenvalue weighted by Crippen LogP contribution is -2.35. The molecule has 2 heteroatoms. The lowest BCUT2D eigenvalue weighted by Gasteiger charge is -2.33. The summed E-state index contributed by atoms with van der Waals surface area (Å²) in [6, 6.07) is 17.6. The fourth-order valence-corrected chi connectivity index (χ4v) is 4.58. The second kappa shape index (κ2) is 6.37. The van der Waals surface area contributed by atoms with Crippen LogP contribution in [-0.2, 0) is 12.8 Å². The summed E-state index contributed by atoms with van der Waals surface area (Å²) in [6.45, 7) is 2.41. The molecule has 0 saturated carbocycles. The van der Waals surface area contributed by atoms with E-state index in [0.717, 1.165) is 6.42 Å². The van der Waals surface area contributed by atoms with Crippen LogP contribution >= 0.6 is 0 Å². The number of aromatic hydroxyl groups is 1. The molecule has 120 valence electrons. The summed E-state index contributed by atoms with van der Waals surface area (Å²) in [5.74, 6) is 1.13. The number of phenolic OH excluding ortho intramolecular Hbond substituents is 1. The quantitative estimate of drug-likeness (QED) is 0.918. The molecular formula is C21H25NO. The van der Waals surface area contributed by atoms with Crippen molar-refractivity contribution in [2.45, 2.75) is 44.1 Å². The molecule has 2 aromatic rings. The van der Waals surface area contributed by atoms with Gasteiger partial charge >= 0.3 is 0 Å². The predicted molar refractivity (Wildman–Crippen MR) is 93.9 cm³/mol. The smallest absolute Gasteiger partial charge is 0.119 e. The molecular weight excluding hydrogens is 282 g/mol. The lowest BCUT2D eigenvalue weighted by molar-refractivity contribution is 0.224. The van der Waals surface area contributed by atoms with Gasteiger partial charge in [-0.15, -0.1) is 0 Å². The van der Waals surface area contributed by atoms with Crippen LogP contribution in [0.1, 0.15) is 41.9 Å². The van der Waals surface area contributed by atoms with Crippen molar-refractivity contribution in [1.29, 1.82) is 0 Å². The van der Waals surface area contributed by atoms with Crippen LogP contribution in [0.2, 0.25) is 0 Å². The third-order valence-electron chi connectivity index (χ3n) is 5.69. The highest BCUT2D eigenvalue weighted by molar-refractivity contribution is 5.44. The van der Waals surface area contributed by atoms with Crippen LogP contribution in [0.3, 0.4) is 0 Å². The van der Waals surface area contributed by atoms with E-state index in [1.54, 1.807) is 0 Å². The van der Waals surface area contributed by atoms with E-state index in [1.807, 2.05) is 12.1 Å². The second-order valence-corrected chi connectivity index (χ2v) is 6.97. The first-order chi connectivity index (χ1) is 11.3. The first kappa shape index (κ1) is 14.8. The molecule has 0 amide bonds. The number of rotatable bonds is 4. The second-order valence-electron chi connectivity index (χ2n) is 6.97. The van der Waals surface area contributed by atoms with Crippen molar-refractivity contribution in [3.05, 3.63) is 65.2 Å². The summed E-state index contributed by atoms with van der Waals surface area (Å²) in [4.78, 5) is 2.70. The maximum Gasteiger partial charge on any atom is 0.119 e. The van der Waals surface area contributed by atoms with E-state index in [1.165, 1.54) is 55.5 Å². The van der Waals surface area contributed by atoms with Crippen molar-refractivity contribution in [1.82, 2.24) is 4.90 Å². The molecule has 1 aliphatic heterocycles. The fourth-order valence-electron chi connectivity index (χ4n) is 4.58. The summed E-state index contributed by atoms with van der Waals surface area (Å²) in [6.07, 6.45) is 5.87. The van der Waals surface area contributed by atoms with Crippen molar-refractivity contribution >= 4 is 0 Å². The third kappa shape index (κ3) is 2.88. The van der Waals surface area contributed by atoms with Gasteiger partial charge in [-0.25, -0.2) is 0 Å². The van der Waals surface area contributed by atoms with Crippen LogP contribution in [0, 0.1) is 0 Å². The molecule has 0 bridgehead atoms. The van der Waals surface area contributed by atoms with Gasteiger partial charge in [-0.05, 0) is 68.0 Å². The number of hydrogen-bond acceptors (Lipinski definition) is 2. The maximum atomic E-state index is 10.1. The molecule has 2 atom stereocenters. The fraction of sp³-hybridized carbons (Fsp3) is 0.429. The van der Waals surface area contributed by atoms with Crippen LogP contribution in [-0.4, -0.2) is 29.1 Å². The Kier molecular flexibility index (Phi) is 4.09. The van der Waals surface area contributed by atoms with Crippen LogP contribution in [0.5, 0.6) is 5.75 Å². The van der Waals surface area contributed by atoms with Crippen molar-refractivity contribution < 1.29 is 5.11 Å². The predicted octanol–water partition coefficient (Wildman–Crippen LogP) is 4.13. The normalized spacial score (nSPS) is 23.5. The molecule has 0 spiro atoms. The number of likely N-dealkylation sites (tertiary alicyclic amines) is 1. The Morgan fingerprint density at radius 1 is 1.00 bits per heavy atom. The van der Waals surface area contributed by atoms with Crippen molar-refractivity contribution in [2.24, 2.45) is 0 Å². The summed E-state index contributed by atoms with van der Waals surface area (Å²) in [5, 5.41) is 10.1. The number of hydrogen-bond donors (Lipinski definition) is 1. The van der Waals surface area contributed by atoms with Crippen molar-refractivity contribution in [3.63, 3.8) is 0 Å². The summed E-state index contributed by atoms with van der Waals surface area (Å²) < 4.78 is 0. The van der Waals surface area contributed by atoms with Gasteiger partial charge in [-0.2, -0.15) is 0 Å². The largest absolute Gasteiger partial charge is 0.508 e. The maximum absolute atomic E-state index is 10.1. The molecule has 1 aliphatic carbocycles. The van der Waals surface area contributed by atoms with Gasteiger partial charge in [0, 0.05) is 12.0 Å². The first-order valence-corrected chi connectivity index (χ1v) is 8.91. The Hall–Kier alpha value is -1.80. The van der Waals surface area contributed by atoms with E-state index in [9.17, 15) is 5.11 Å². The van der Waals surface area contributed by atoms with E-state index in [4.69, 9.17) is 0 Å². The van der Waals surface area contributed by atoms with E-state index in [0.29, 0.717) is 17.7 Å². The molecule has 1 heterocycles. The molecule has 23 heavy (non-hydrogen) atoms. The molecule has 1 N–H and O–H groups in total. The molecule has 0 aromatic heterocycles. The zero-order valence-electron chi connectivity index (χ0n) is 13.6. The van der Waals surface area contributed by atoms with Gasteiger partial charge in [-0.1, -0.05) is 42.5 Å². The lowest BCUT2D eigenvalue weighted by atomic mass is 9.79. The van der Waals surface area contributed by atoms with Crippen molar-refractivity contribution in [3.8, 4) is 5.75 Å².